The number of fused-ring (bicyclic) bond motifs is 1. The molecule has 0 aliphatic rings. The molecule has 2 heterocycles. The van der Waals surface area contributed by atoms with Crippen LogP contribution in [0.3, 0.4) is 0 Å². The van der Waals surface area contributed by atoms with Crippen molar-refractivity contribution in [2.24, 2.45) is 0 Å². The van der Waals surface area contributed by atoms with Crippen LogP contribution in [0.15, 0.2) is 59.5 Å². The van der Waals surface area contributed by atoms with Crippen LogP contribution in [0.5, 0.6) is 0 Å². The van der Waals surface area contributed by atoms with Gasteiger partial charge in [-0.3, -0.25) is 9.78 Å². The Morgan fingerprint density at radius 2 is 1.81 bits per heavy atom. The van der Waals surface area contributed by atoms with Gasteiger partial charge in [-0.15, -0.1) is 0 Å². The Balaban J connectivity index is 1.60. The standard InChI is InChI=1S/C24H21BrF2N4O/c1-14-6-20-22(7-15(14)2)31(13-29-20)12-23(32)30-21(24-19(25)4-3-5-28-24)10-16-8-17(26)11-18(27)9-16/h3-9,11,13,21H,10,12H2,1-2H3,(H,30,32). The molecule has 1 amide bonds. The van der Waals surface area contributed by atoms with Crippen LogP contribution in [-0.2, 0) is 17.8 Å². The van der Waals surface area contributed by atoms with E-state index >= 15 is 0 Å². The fourth-order valence-corrected chi connectivity index (χ4v) is 4.20. The number of carbonyl (C=O) groups is 1. The summed E-state index contributed by atoms with van der Waals surface area (Å²) in [7, 11) is 0. The normalized spacial score (nSPS) is 12.2. The molecule has 0 aliphatic heterocycles. The highest BCUT2D eigenvalue weighted by Crippen LogP contribution is 2.25. The van der Waals surface area contributed by atoms with Gasteiger partial charge in [0.05, 0.1) is 29.1 Å². The van der Waals surface area contributed by atoms with Crippen LogP contribution in [0.2, 0.25) is 0 Å². The second-order valence-corrected chi connectivity index (χ2v) is 8.62. The minimum absolute atomic E-state index is 0.0530. The van der Waals surface area contributed by atoms with Crippen LogP contribution in [0.1, 0.15) is 28.4 Å². The van der Waals surface area contributed by atoms with Gasteiger partial charge in [-0.2, -0.15) is 0 Å². The molecule has 4 aromatic rings. The first-order valence-electron chi connectivity index (χ1n) is 10.1. The van der Waals surface area contributed by atoms with Crippen molar-refractivity contribution in [1.82, 2.24) is 19.9 Å². The van der Waals surface area contributed by atoms with Gasteiger partial charge in [0.2, 0.25) is 5.91 Å². The van der Waals surface area contributed by atoms with E-state index in [2.05, 4.69) is 31.2 Å². The highest BCUT2D eigenvalue weighted by molar-refractivity contribution is 9.10. The molecule has 0 spiro atoms. The number of halogens is 3. The highest BCUT2D eigenvalue weighted by atomic mass is 79.9. The number of nitrogens with one attached hydrogen (secondary N) is 1. The first-order chi connectivity index (χ1) is 15.3. The lowest BCUT2D eigenvalue weighted by Crippen LogP contribution is -2.33. The Morgan fingerprint density at radius 3 is 2.53 bits per heavy atom. The zero-order valence-corrected chi connectivity index (χ0v) is 19.2. The number of aromatic nitrogens is 3. The Labute approximate surface area is 192 Å². The molecule has 32 heavy (non-hydrogen) atoms. The monoisotopic (exact) mass is 498 g/mol. The van der Waals surface area contributed by atoms with E-state index in [1.807, 2.05) is 32.0 Å². The molecule has 164 valence electrons. The van der Waals surface area contributed by atoms with E-state index in [4.69, 9.17) is 0 Å². The Hall–Kier alpha value is -3.13. The Morgan fingerprint density at radius 1 is 1.09 bits per heavy atom. The van der Waals surface area contributed by atoms with Crippen molar-refractivity contribution in [1.29, 1.82) is 0 Å². The molecule has 8 heteroatoms. The third-order valence-electron chi connectivity index (χ3n) is 5.36. The van der Waals surface area contributed by atoms with Gasteiger partial charge in [-0.25, -0.2) is 13.8 Å². The van der Waals surface area contributed by atoms with Crippen LogP contribution >= 0.6 is 15.9 Å². The summed E-state index contributed by atoms with van der Waals surface area (Å²) in [6.07, 6.45) is 3.43. The number of amides is 1. The van der Waals surface area contributed by atoms with Crippen LogP contribution < -0.4 is 5.32 Å². The van der Waals surface area contributed by atoms with E-state index in [-0.39, 0.29) is 18.9 Å². The molecule has 0 aliphatic carbocycles. The number of benzene rings is 2. The van der Waals surface area contributed by atoms with Gasteiger partial charge in [-0.05, 0) is 89.3 Å². The molecule has 0 saturated heterocycles. The van der Waals surface area contributed by atoms with Crippen molar-refractivity contribution >= 4 is 32.9 Å². The fourth-order valence-electron chi connectivity index (χ4n) is 3.67. The van der Waals surface area contributed by atoms with Crippen molar-refractivity contribution in [3.05, 3.63) is 93.5 Å². The van der Waals surface area contributed by atoms with Gasteiger partial charge in [0, 0.05) is 16.7 Å². The first-order valence-corrected chi connectivity index (χ1v) is 10.9. The molecule has 1 N–H and O–H groups in total. The SMILES string of the molecule is Cc1cc2ncn(CC(=O)NC(Cc3cc(F)cc(F)c3)c3ncccc3Br)c2cc1C. The summed E-state index contributed by atoms with van der Waals surface area (Å²) in [5.41, 5.74) is 4.93. The van der Waals surface area contributed by atoms with Crippen molar-refractivity contribution in [3.63, 3.8) is 0 Å². The summed E-state index contributed by atoms with van der Waals surface area (Å²) >= 11 is 3.46. The van der Waals surface area contributed by atoms with Crippen molar-refractivity contribution in [2.75, 3.05) is 0 Å². The van der Waals surface area contributed by atoms with Crippen molar-refractivity contribution in [3.8, 4) is 0 Å². The summed E-state index contributed by atoms with van der Waals surface area (Å²) in [5.74, 6) is -1.59. The summed E-state index contributed by atoms with van der Waals surface area (Å²) in [6, 6.07) is 10.3. The third kappa shape index (κ3) is 4.85. The topological polar surface area (TPSA) is 59.8 Å². The van der Waals surface area contributed by atoms with Gasteiger partial charge in [-0.1, -0.05) is 0 Å². The molecule has 1 unspecified atom stereocenters. The smallest absolute Gasteiger partial charge is 0.240 e. The zero-order valence-electron chi connectivity index (χ0n) is 17.6. The van der Waals surface area contributed by atoms with Crippen LogP contribution in [0, 0.1) is 25.5 Å². The maximum Gasteiger partial charge on any atom is 0.240 e. The molecule has 0 bridgehead atoms. The first kappa shape index (κ1) is 22.1. The van der Waals surface area contributed by atoms with E-state index in [1.165, 1.54) is 12.1 Å². The van der Waals surface area contributed by atoms with Crippen molar-refractivity contribution in [2.45, 2.75) is 32.9 Å². The molecule has 1 atom stereocenters. The van der Waals surface area contributed by atoms with Crippen molar-refractivity contribution < 1.29 is 13.6 Å². The zero-order chi connectivity index (χ0) is 22.8. The lowest BCUT2D eigenvalue weighted by atomic mass is 10.0. The summed E-state index contributed by atoms with van der Waals surface area (Å²) in [6.45, 7) is 4.08. The van der Waals surface area contributed by atoms with Crippen LogP contribution in [0.25, 0.3) is 11.0 Å². The number of nitrogens with zero attached hydrogens (tertiary/aromatic N) is 3. The summed E-state index contributed by atoms with van der Waals surface area (Å²) < 4.78 is 29.9. The van der Waals surface area contributed by atoms with E-state index in [1.54, 1.807) is 23.2 Å². The largest absolute Gasteiger partial charge is 0.346 e. The molecule has 5 nitrogen and oxygen atoms in total. The van der Waals surface area contributed by atoms with Gasteiger partial charge >= 0.3 is 0 Å². The Bertz CT molecular complexity index is 1280. The molecular weight excluding hydrogens is 478 g/mol. The summed E-state index contributed by atoms with van der Waals surface area (Å²) in [4.78, 5) is 21.7. The average Bonchev–Trinajstić information content (AvgIpc) is 3.08. The maximum atomic E-state index is 13.7. The molecule has 2 aromatic heterocycles. The van der Waals surface area contributed by atoms with Gasteiger partial charge in [0.25, 0.3) is 0 Å². The number of imidazole rings is 1. The predicted molar refractivity (Wildman–Crippen MR) is 122 cm³/mol. The minimum atomic E-state index is -0.666. The van der Waals surface area contributed by atoms with E-state index in [0.717, 1.165) is 28.2 Å². The molecular formula is C24H21BrF2N4O. The molecule has 4 rings (SSSR count). The number of hydrogen-bond acceptors (Lipinski definition) is 3. The maximum absolute atomic E-state index is 13.7. The lowest BCUT2D eigenvalue weighted by molar-refractivity contribution is -0.122. The quantitative estimate of drug-likeness (QED) is 0.398. The fraction of sp³-hybridized carbons (Fsp3) is 0.208. The average molecular weight is 499 g/mol. The number of pyridine rings is 1. The van der Waals surface area contributed by atoms with Gasteiger partial charge < -0.3 is 9.88 Å². The Kier molecular flexibility index (Phi) is 6.32. The highest BCUT2D eigenvalue weighted by Gasteiger charge is 2.20. The van der Waals surface area contributed by atoms with Gasteiger partial charge in [0.15, 0.2) is 0 Å². The lowest BCUT2D eigenvalue weighted by Gasteiger charge is -2.20. The van der Waals surface area contributed by atoms with Crippen LogP contribution in [0.4, 0.5) is 8.78 Å². The predicted octanol–water partition coefficient (Wildman–Crippen LogP) is 5.19. The van der Waals surface area contributed by atoms with E-state index in [0.29, 0.717) is 15.7 Å². The molecule has 0 fully saturated rings. The van der Waals surface area contributed by atoms with Gasteiger partial charge in [0.1, 0.15) is 18.2 Å². The summed E-state index contributed by atoms with van der Waals surface area (Å²) in [5, 5.41) is 2.97. The van der Waals surface area contributed by atoms with E-state index in [9.17, 15) is 13.6 Å². The van der Waals surface area contributed by atoms with Crippen LogP contribution in [-0.4, -0.2) is 20.4 Å². The number of hydrogen-bond donors (Lipinski definition) is 1. The molecule has 0 saturated carbocycles. The second-order valence-electron chi connectivity index (χ2n) is 7.77. The molecule has 0 radical (unpaired) electrons. The second kappa shape index (κ2) is 9.16. The minimum Gasteiger partial charge on any atom is -0.346 e. The molecule has 2 aromatic carbocycles. The number of carbonyl (C=O) groups excluding carboxylic acids is 1. The third-order valence-corrected chi connectivity index (χ3v) is 6.04. The van der Waals surface area contributed by atoms with E-state index < -0.39 is 17.7 Å². The number of aryl methyl sites for hydroxylation is 2. The number of rotatable bonds is 6.